The quantitative estimate of drug-likeness (QED) is 0.0262. The monoisotopic (exact) mass is 1170 g/mol. The normalized spacial score (nSPS) is 12.8. The molecule has 2 unspecified atom stereocenters. The van der Waals surface area contributed by atoms with E-state index in [1.165, 1.54) is 180 Å². The molecule has 0 fully saturated rings. The summed E-state index contributed by atoms with van der Waals surface area (Å²) in [4.78, 5) is 37.2. The molecule has 0 aromatic rings. The Kier molecular flexibility index (Phi) is 65.9. The number of hydrogen-bond donors (Lipinski definition) is 1. The number of likely N-dealkylation sites (N-methyl/N-ethyl adjacent to an activating group) is 1. The summed E-state index contributed by atoms with van der Waals surface area (Å²) in [7, 11) is 1.18. The molecule has 0 radical (unpaired) electrons. The Hall–Kier alpha value is -1.27. The Morgan fingerprint density at radius 3 is 1.02 bits per heavy atom. The highest BCUT2D eigenvalue weighted by Gasteiger charge is 2.22. The number of esters is 2. The summed E-state index contributed by atoms with van der Waals surface area (Å²) in [5.74, 6) is -0.829. The number of phosphoric ester groups is 1. The van der Waals surface area contributed by atoms with E-state index < -0.39 is 26.5 Å². The molecule has 0 aliphatic rings. The van der Waals surface area contributed by atoms with Crippen LogP contribution in [0.4, 0.5) is 0 Å². The number of carbonyl (C=O) groups excluding carboxylic acids is 2. The third-order valence-corrected chi connectivity index (χ3v) is 14.6. The number of quaternary nitrogens is 1. The molecule has 0 aliphatic carbocycles. The molecule has 2 atom stereocenters. The van der Waals surface area contributed by atoms with Gasteiger partial charge in [0.2, 0.25) is 0 Å². The third-order valence-electron chi connectivity index (χ3n) is 13.6. The minimum absolute atomic E-state index is 0.0263. The van der Waals surface area contributed by atoms with E-state index >= 15 is 0 Å². The van der Waals surface area contributed by atoms with E-state index in [-0.39, 0.29) is 38.6 Å². The van der Waals surface area contributed by atoms with Crippen molar-refractivity contribution in [3.63, 3.8) is 0 Å². The van der Waals surface area contributed by atoms with Gasteiger partial charge in [0.1, 0.15) is 19.8 Å². The van der Waals surface area contributed by atoms with Crippen molar-refractivity contribution in [1.29, 1.82) is 0 Å². The average Bonchev–Trinajstić information content (AvgIpc) is 3.42. The number of ether oxygens (including phenoxy) is 8. The zero-order valence-electron chi connectivity index (χ0n) is 52.8. The van der Waals surface area contributed by atoms with Gasteiger partial charge < -0.3 is 61.4 Å². The van der Waals surface area contributed by atoms with Gasteiger partial charge in [-0.15, -0.1) is 0 Å². The number of nitrogens with zero attached hydrogens (tertiary/aromatic N) is 1. The minimum atomic E-state index is -4.60. The topological polar surface area (TPSA) is 187 Å². The maximum absolute atomic E-state index is 12.6. The van der Waals surface area contributed by atoms with E-state index in [2.05, 4.69) is 20.8 Å². The third kappa shape index (κ3) is 71.0. The first-order chi connectivity index (χ1) is 38.9. The lowest BCUT2D eigenvalue weighted by Gasteiger charge is -2.28. The van der Waals surface area contributed by atoms with Gasteiger partial charge in [0.05, 0.1) is 107 Å². The van der Waals surface area contributed by atoms with E-state index in [9.17, 15) is 19.0 Å². The minimum Gasteiger partial charge on any atom is -0.756 e. The lowest BCUT2D eigenvalue weighted by molar-refractivity contribution is -0.870. The molecule has 480 valence electrons. The predicted molar refractivity (Wildman–Crippen MR) is 323 cm³/mol. The van der Waals surface area contributed by atoms with Gasteiger partial charge in [-0.05, 0) is 19.3 Å². The molecule has 0 aromatic heterocycles. The van der Waals surface area contributed by atoms with Crippen molar-refractivity contribution in [2.75, 3.05) is 133 Å². The maximum Gasteiger partial charge on any atom is 0.306 e. The first-order valence-electron chi connectivity index (χ1n) is 32.7. The molecule has 0 bridgehead atoms. The van der Waals surface area contributed by atoms with Crippen LogP contribution in [0.3, 0.4) is 0 Å². The summed E-state index contributed by atoms with van der Waals surface area (Å²) in [6, 6.07) is 0. The van der Waals surface area contributed by atoms with Crippen LogP contribution in [0.25, 0.3) is 0 Å². The molecular formula is C63H128NO15P. The van der Waals surface area contributed by atoms with Crippen LogP contribution in [0.1, 0.15) is 258 Å². The molecule has 0 saturated heterocycles. The van der Waals surface area contributed by atoms with Gasteiger partial charge in [-0.1, -0.05) is 226 Å². The van der Waals surface area contributed by atoms with Gasteiger partial charge in [0.25, 0.3) is 7.82 Å². The zero-order chi connectivity index (χ0) is 59.0. The summed E-state index contributed by atoms with van der Waals surface area (Å²) in [5, 5.41) is 8.56. The van der Waals surface area contributed by atoms with Gasteiger partial charge in [-0.25, -0.2) is 0 Å². The number of rotatable bonds is 65. The Balaban J connectivity index is 0. The number of unbranched alkanes of at least 4 members (excludes halogenated alkanes) is 32. The standard InChI is InChI=1S/C36H72NO8P.C27H56O7/c1-6-8-10-12-14-16-18-20-22-24-26-28-35(38)42-32-34(33-44-46(40,41)43-31-30-37(3,4)5)45-36(39)29-27-25-23-21-19-17-15-13-11-9-7-2;1-2-3-4-5-6-7-8-9-10-11-12-13-14-16-29-18-20-31-22-24-33-26-27-34-25-23-32-21-19-30-17-15-28/h34H,6-33H2,1-5H3;28H,2-27H2,1H3. The highest BCUT2D eigenvalue weighted by atomic mass is 31.2. The molecular weight excluding hydrogens is 1040 g/mol. The fourth-order valence-corrected chi connectivity index (χ4v) is 9.34. The molecule has 80 heavy (non-hydrogen) atoms. The highest BCUT2D eigenvalue weighted by Crippen LogP contribution is 2.38. The molecule has 0 rings (SSSR count). The SMILES string of the molecule is CCCCCCCCCCCCCC(=O)OCC(COP(=O)([O-])OCC[N+](C)(C)C)OC(=O)CCCCCCCCCCCCC.CCCCCCCCCCCCCCCOCCOCCOCCOCCOCCOCCO. The van der Waals surface area contributed by atoms with Crippen molar-refractivity contribution >= 4 is 19.8 Å². The number of aliphatic hydroxyl groups excluding tert-OH is 1. The second-order valence-electron chi connectivity index (χ2n) is 22.6. The Labute approximate surface area is 491 Å². The molecule has 0 heterocycles. The fraction of sp³-hybridized carbons (Fsp3) is 0.968. The molecule has 16 nitrogen and oxygen atoms in total. The van der Waals surface area contributed by atoms with E-state index in [1.807, 2.05) is 21.1 Å². The van der Waals surface area contributed by atoms with Crippen LogP contribution in [-0.4, -0.2) is 161 Å². The number of aliphatic hydroxyl groups is 1. The highest BCUT2D eigenvalue weighted by molar-refractivity contribution is 7.45. The van der Waals surface area contributed by atoms with E-state index in [1.54, 1.807) is 0 Å². The average molecular weight is 1170 g/mol. The summed E-state index contributed by atoms with van der Waals surface area (Å²) in [6.45, 7) is 13.3. The smallest absolute Gasteiger partial charge is 0.306 e. The summed E-state index contributed by atoms with van der Waals surface area (Å²) < 4.78 is 66.1. The first kappa shape index (κ1) is 80.8. The zero-order valence-corrected chi connectivity index (χ0v) is 53.7. The molecule has 0 spiro atoms. The van der Waals surface area contributed by atoms with Crippen LogP contribution in [0, 0.1) is 0 Å². The fourth-order valence-electron chi connectivity index (χ4n) is 8.61. The van der Waals surface area contributed by atoms with Crippen LogP contribution < -0.4 is 4.89 Å². The Morgan fingerprint density at radius 1 is 0.388 bits per heavy atom. The summed E-state index contributed by atoms with van der Waals surface area (Å²) in [5.41, 5.74) is 0. The molecule has 0 aromatic carbocycles. The lowest BCUT2D eigenvalue weighted by atomic mass is 10.0. The van der Waals surface area contributed by atoms with Gasteiger partial charge in [0.15, 0.2) is 6.10 Å². The molecule has 0 aliphatic heterocycles. The first-order valence-corrected chi connectivity index (χ1v) is 34.2. The number of hydrogen-bond acceptors (Lipinski definition) is 15. The van der Waals surface area contributed by atoms with Crippen LogP contribution in [0.2, 0.25) is 0 Å². The Morgan fingerprint density at radius 2 is 0.688 bits per heavy atom. The van der Waals surface area contributed by atoms with E-state index in [0.717, 1.165) is 45.1 Å². The number of phosphoric acid groups is 1. The van der Waals surface area contributed by atoms with Crippen LogP contribution in [0.15, 0.2) is 0 Å². The lowest BCUT2D eigenvalue weighted by Crippen LogP contribution is -2.37. The van der Waals surface area contributed by atoms with Gasteiger partial charge >= 0.3 is 11.9 Å². The van der Waals surface area contributed by atoms with Crippen molar-refractivity contribution in [3.05, 3.63) is 0 Å². The van der Waals surface area contributed by atoms with E-state index in [0.29, 0.717) is 90.1 Å². The molecule has 0 amide bonds. The predicted octanol–water partition coefficient (Wildman–Crippen LogP) is 14.2. The second kappa shape index (κ2) is 65.3. The van der Waals surface area contributed by atoms with Crippen molar-refractivity contribution < 1.29 is 75.6 Å². The van der Waals surface area contributed by atoms with Crippen LogP contribution >= 0.6 is 7.82 Å². The van der Waals surface area contributed by atoms with Crippen molar-refractivity contribution in [2.24, 2.45) is 0 Å². The summed E-state index contributed by atoms with van der Waals surface area (Å²) >= 11 is 0. The molecule has 17 heteroatoms. The second-order valence-corrected chi connectivity index (χ2v) is 24.0. The summed E-state index contributed by atoms with van der Waals surface area (Å²) in [6.07, 6.45) is 43.4. The van der Waals surface area contributed by atoms with Crippen molar-refractivity contribution in [3.8, 4) is 0 Å². The van der Waals surface area contributed by atoms with Gasteiger partial charge in [0, 0.05) is 19.4 Å². The molecule has 1 N–H and O–H groups in total. The van der Waals surface area contributed by atoms with Gasteiger partial charge in [-0.2, -0.15) is 0 Å². The van der Waals surface area contributed by atoms with E-state index in [4.69, 9.17) is 52.0 Å². The molecule has 0 saturated carbocycles. The van der Waals surface area contributed by atoms with Crippen LogP contribution in [0.5, 0.6) is 0 Å². The van der Waals surface area contributed by atoms with Gasteiger partial charge in [-0.3, -0.25) is 14.2 Å². The van der Waals surface area contributed by atoms with Crippen LogP contribution in [-0.2, 0) is 61.1 Å². The maximum atomic E-state index is 12.6. The van der Waals surface area contributed by atoms with Crippen molar-refractivity contribution in [1.82, 2.24) is 0 Å². The Bertz CT molecular complexity index is 1260. The van der Waals surface area contributed by atoms with Crippen molar-refractivity contribution in [2.45, 2.75) is 264 Å². The number of carbonyl (C=O) groups is 2. The largest absolute Gasteiger partial charge is 0.756 e.